The lowest BCUT2D eigenvalue weighted by Gasteiger charge is -2.22. The Hall–Kier alpha value is -2.92. The largest absolute Gasteiger partial charge is 0.352 e. The molecule has 1 aliphatic rings. The smallest absolute Gasteiger partial charge is 0.251 e. The molecule has 2 N–H and O–H groups in total. The van der Waals surface area contributed by atoms with Gasteiger partial charge in [0.2, 0.25) is 5.91 Å². The van der Waals surface area contributed by atoms with Crippen molar-refractivity contribution in [3.05, 3.63) is 93.2 Å². The van der Waals surface area contributed by atoms with Crippen LogP contribution in [0, 0.1) is 0 Å². The molecule has 0 bridgehead atoms. The number of hydrogen-bond donors (Lipinski definition) is 2. The molecule has 5 heteroatoms. The minimum absolute atomic E-state index is 0.0699. The summed E-state index contributed by atoms with van der Waals surface area (Å²) in [6.45, 7) is 0.306. The highest BCUT2D eigenvalue weighted by atomic mass is 32.1. The number of fused-ring (bicyclic) bond motifs is 1. The van der Waals surface area contributed by atoms with Crippen molar-refractivity contribution in [1.29, 1.82) is 0 Å². The highest BCUT2D eigenvalue weighted by Gasteiger charge is 2.20. The number of carbonyl (C=O) groups is 2. The van der Waals surface area contributed by atoms with E-state index < -0.39 is 0 Å². The average Bonchev–Trinajstić information content (AvgIpc) is 3.32. The zero-order valence-electron chi connectivity index (χ0n) is 16.9. The highest BCUT2D eigenvalue weighted by molar-refractivity contribution is 7.10. The summed E-state index contributed by atoms with van der Waals surface area (Å²) >= 11 is 1.65. The third-order valence-electron chi connectivity index (χ3n) is 5.51. The first-order chi connectivity index (χ1) is 14.7. The summed E-state index contributed by atoms with van der Waals surface area (Å²) in [6.07, 6.45) is 4.98. The number of aryl methyl sites for hydroxylation is 2. The van der Waals surface area contributed by atoms with Crippen molar-refractivity contribution in [1.82, 2.24) is 10.6 Å². The minimum Gasteiger partial charge on any atom is -0.352 e. The van der Waals surface area contributed by atoms with Crippen LogP contribution in [0.2, 0.25) is 0 Å². The van der Waals surface area contributed by atoms with Gasteiger partial charge in [-0.2, -0.15) is 0 Å². The predicted molar refractivity (Wildman–Crippen MR) is 121 cm³/mol. The molecule has 0 saturated heterocycles. The van der Waals surface area contributed by atoms with Crippen molar-refractivity contribution in [2.75, 3.05) is 6.54 Å². The summed E-state index contributed by atoms with van der Waals surface area (Å²) in [6, 6.07) is 19.6. The van der Waals surface area contributed by atoms with E-state index in [4.69, 9.17) is 0 Å². The summed E-state index contributed by atoms with van der Waals surface area (Å²) < 4.78 is 0. The summed E-state index contributed by atoms with van der Waals surface area (Å²) in [4.78, 5) is 25.9. The molecular weight excluding hydrogens is 392 g/mol. The third-order valence-corrected chi connectivity index (χ3v) is 6.45. The Bertz CT molecular complexity index is 999. The summed E-state index contributed by atoms with van der Waals surface area (Å²) in [5.74, 6) is -0.229. The van der Waals surface area contributed by atoms with Crippen molar-refractivity contribution in [2.24, 2.45) is 0 Å². The van der Waals surface area contributed by atoms with Crippen LogP contribution in [0.3, 0.4) is 0 Å². The summed E-state index contributed by atoms with van der Waals surface area (Å²) in [7, 11) is 0. The van der Waals surface area contributed by atoms with Gasteiger partial charge in [0, 0.05) is 23.4 Å². The molecule has 1 aliphatic carbocycles. The van der Waals surface area contributed by atoms with E-state index in [1.54, 1.807) is 23.5 Å². The molecule has 0 saturated carbocycles. The predicted octanol–water partition coefficient (Wildman–Crippen LogP) is 4.65. The Morgan fingerprint density at radius 1 is 0.933 bits per heavy atom. The van der Waals surface area contributed by atoms with Crippen molar-refractivity contribution in [3.63, 3.8) is 0 Å². The first-order valence-electron chi connectivity index (χ1n) is 10.5. The van der Waals surface area contributed by atoms with Gasteiger partial charge in [-0.05, 0) is 66.0 Å². The molecule has 3 aromatic rings. The van der Waals surface area contributed by atoms with Gasteiger partial charge in [0.15, 0.2) is 0 Å². The number of thiophene rings is 1. The van der Waals surface area contributed by atoms with Crippen LogP contribution in [0.15, 0.2) is 66.0 Å². The molecule has 2 amide bonds. The number of carbonyl (C=O) groups excluding carboxylic acids is 2. The standard InChI is InChI=1S/C25H26N2O2S/c28-23(14-15-26-25(29)19-8-2-1-3-9-19)27-24(22-11-6-16-30-22)21-13-12-18-7-4-5-10-20(18)17-21/h1-3,6,8-9,11-13,16-17,24H,4-5,7,10,14-15H2,(H,26,29)(H,27,28). The maximum absolute atomic E-state index is 12.7. The molecule has 1 unspecified atom stereocenters. The van der Waals surface area contributed by atoms with Crippen LogP contribution >= 0.6 is 11.3 Å². The Labute approximate surface area is 181 Å². The molecular formula is C25H26N2O2S. The van der Waals surface area contributed by atoms with Crippen LogP contribution in [-0.2, 0) is 17.6 Å². The lowest BCUT2D eigenvalue weighted by Crippen LogP contribution is -2.33. The van der Waals surface area contributed by atoms with E-state index in [0.717, 1.165) is 23.3 Å². The molecule has 4 rings (SSSR count). The molecule has 154 valence electrons. The molecule has 2 aromatic carbocycles. The second-order valence-electron chi connectivity index (χ2n) is 7.62. The number of nitrogens with one attached hydrogen (secondary N) is 2. The number of benzene rings is 2. The van der Waals surface area contributed by atoms with Crippen LogP contribution in [0.25, 0.3) is 0 Å². The van der Waals surface area contributed by atoms with E-state index in [0.29, 0.717) is 12.1 Å². The normalized spacial score (nSPS) is 13.9. The van der Waals surface area contributed by atoms with Crippen LogP contribution in [0.1, 0.15) is 57.2 Å². The van der Waals surface area contributed by atoms with E-state index in [-0.39, 0.29) is 24.3 Å². The van der Waals surface area contributed by atoms with Crippen molar-refractivity contribution in [2.45, 2.75) is 38.1 Å². The average molecular weight is 419 g/mol. The van der Waals surface area contributed by atoms with Crippen LogP contribution < -0.4 is 10.6 Å². The molecule has 0 radical (unpaired) electrons. The first kappa shape index (κ1) is 20.4. The molecule has 0 fully saturated rings. The third kappa shape index (κ3) is 4.97. The van der Waals surface area contributed by atoms with Gasteiger partial charge in [-0.25, -0.2) is 0 Å². The van der Waals surface area contributed by atoms with E-state index in [9.17, 15) is 9.59 Å². The highest BCUT2D eigenvalue weighted by Crippen LogP contribution is 2.30. The fourth-order valence-electron chi connectivity index (χ4n) is 3.92. The number of rotatable bonds is 7. The maximum atomic E-state index is 12.7. The molecule has 0 spiro atoms. The van der Waals surface area contributed by atoms with Crippen molar-refractivity contribution in [3.8, 4) is 0 Å². The van der Waals surface area contributed by atoms with Gasteiger partial charge in [0.25, 0.3) is 5.91 Å². The molecule has 1 heterocycles. The molecule has 0 aliphatic heterocycles. The van der Waals surface area contributed by atoms with Crippen LogP contribution in [0.4, 0.5) is 0 Å². The molecule has 4 nitrogen and oxygen atoms in total. The molecule has 30 heavy (non-hydrogen) atoms. The fraction of sp³-hybridized carbons (Fsp3) is 0.280. The topological polar surface area (TPSA) is 58.2 Å². The van der Waals surface area contributed by atoms with E-state index in [1.165, 1.54) is 24.0 Å². The van der Waals surface area contributed by atoms with Gasteiger partial charge in [0.05, 0.1) is 6.04 Å². The maximum Gasteiger partial charge on any atom is 0.251 e. The Balaban J connectivity index is 1.40. The number of hydrogen-bond acceptors (Lipinski definition) is 3. The SMILES string of the molecule is O=C(CCNC(=O)c1ccccc1)NC(c1ccc2c(c1)CCCC2)c1cccs1. The van der Waals surface area contributed by atoms with Gasteiger partial charge in [0.1, 0.15) is 0 Å². The van der Waals surface area contributed by atoms with Crippen molar-refractivity contribution >= 4 is 23.2 Å². The lowest BCUT2D eigenvalue weighted by atomic mass is 9.89. The van der Waals surface area contributed by atoms with Gasteiger partial charge in [-0.3, -0.25) is 9.59 Å². The quantitative estimate of drug-likeness (QED) is 0.587. The second kappa shape index (κ2) is 9.72. The lowest BCUT2D eigenvalue weighted by molar-refractivity contribution is -0.121. The number of amides is 2. The Kier molecular flexibility index (Phi) is 6.60. The van der Waals surface area contributed by atoms with Gasteiger partial charge in [-0.15, -0.1) is 11.3 Å². The summed E-state index contributed by atoms with van der Waals surface area (Å²) in [5.41, 5.74) is 4.57. The first-order valence-corrected chi connectivity index (χ1v) is 11.4. The molecule has 1 atom stereocenters. The van der Waals surface area contributed by atoms with Crippen LogP contribution in [0.5, 0.6) is 0 Å². The van der Waals surface area contributed by atoms with Crippen LogP contribution in [-0.4, -0.2) is 18.4 Å². The van der Waals surface area contributed by atoms with Gasteiger partial charge < -0.3 is 10.6 Å². The van der Waals surface area contributed by atoms with Gasteiger partial charge >= 0.3 is 0 Å². The van der Waals surface area contributed by atoms with Crippen molar-refractivity contribution < 1.29 is 9.59 Å². The second-order valence-corrected chi connectivity index (χ2v) is 8.60. The monoisotopic (exact) mass is 418 g/mol. The zero-order chi connectivity index (χ0) is 20.8. The molecule has 1 aromatic heterocycles. The fourth-order valence-corrected chi connectivity index (χ4v) is 4.72. The van der Waals surface area contributed by atoms with E-state index in [2.05, 4.69) is 34.9 Å². The van der Waals surface area contributed by atoms with E-state index >= 15 is 0 Å². The van der Waals surface area contributed by atoms with E-state index in [1.807, 2.05) is 29.6 Å². The minimum atomic E-state index is -0.159. The Morgan fingerprint density at radius 2 is 1.73 bits per heavy atom. The van der Waals surface area contributed by atoms with Gasteiger partial charge in [-0.1, -0.05) is 42.5 Å². The summed E-state index contributed by atoms with van der Waals surface area (Å²) in [5, 5.41) is 8.03. The Morgan fingerprint density at radius 3 is 2.50 bits per heavy atom. The zero-order valence-corrected chi connectivity index (χ0v) is 17.7.